The van der Waals surface area contributed by atoms with Gasteiger partial charge in [-0.25, -0.2) is 4.39 Å². The van der Waals surface area contributed by atoms with Crippen LogP contribution in [-0.2, 0) is 0 Å². The maximum absolute atomic E-state index is 13.6. The highest BCUT2D eigenvalue weighted by atomic mass is 19.1. The molecule has 0 aliphatic rings. The summed E-state index contributed by atoms with van der Waals surface area (Å²) in [6, 6.07) is 6.22. The zero-order valence-corrected chi connectivity index (χ0v) is 13.5. The Balaban J connectivity index is 2.33. The van der Waals surface area contributed by atoms with Crippen LogP contribution in [0, 0.1) is 12.7 Å². The molecule has 0 radical (unpaired) electrons. The fourth-order valence-corrected chi connectivity index (χ4v) is 2.54. The van der Waals surface area contributed by atoms with Crippen molar-refractivity contribution in [2.75, 3.05) is 0 Å². The Kier molecular flexibility index (Phi) is 7.83. The van der Waals surface area contributed by atoms with Crippen molar-refractivity contribution in [1.82, 2.24) is 5.32 Å². The zero-order valence-electron chi connectivity index (χ0n) is 13.5. The molecular weight excluding hydrogens is 249 g/mol. The van der Waals surface area contributed by atoms with Gasteiger partial charge in [0.05, 0.1) is 0 Å². The molecule has 0 heterocycles. The summed E-state index contributed by atoms with van der Waals surface area (Å²) in [5.74, 6) is -0.108. The number of hydrogen-bond acceptors (Lipinski definition) is 1. The first-order valence-electron chi connectivity index (χ1n) is 8.06. The Bertz CT molecular complexity index is 389. The van der Waals surface area contributed by atoms with Gasteiger partial charge in [-0.1, -0.05) is 51.2 Å². The van der Waals surface area contributed by atoms with Crippen molar-refractivity contribution in [3.8, 4) is 0 Å². The minimum atomic E-state index is -0.108. The van der Waals surface area contributed by atoms with Gasteiger partial charge in [0.25, 0.3) is 0 Å². The summed E-state index contributed by atoms with van der Waals surface area (Å²) in [6.07, 6.45) is 7.80. The van der Waals surface area contributed by atoms with Crippen LogP contribution in [-0.4, -0.2) is 6.04 Å². The van der Waals surface area contributed by atoms with Gasteiger partial charge in [0.2, 0.25) is 0 Å². The van der Waals surface area contributed by atoms with Crippen LogP contribution in [0.3, 0.4) is 0 Å². The topological polar surface area (TPSA) is 12.0 Å². The van der Waals surface area contributed by atoms with E-state index >= 15 is 0 Å². The summed E-state index contributed by atoms with van der Waals surface area (Å²) in [7, 11) is 0. The first-order valence-corrected chi connectivity index (χ1v) is 8.06. The van der Waals surface area contributed by atoms with Gasteiger partial charge in [0.1, 0.15) is 5.82 Å². The number of benzene rings is 1. The van der Waals surface area contributed by atoms with E-state index in [9.17, 15) is 4.39 Å². The molecule has 0 spiro atoms. The quantitative estimate of drug-likeness (QED) is 0.586. The van der Waals surface area contributed by atoms with E-state index < -0.39 is 0 Å². The number of nitrogens with one attached hydrogen (secondary N) is 1. The summed E-state index contributed by atoms with van der Waals surface area (Å²) < 4.78 is 13.6. The molecule has 0 saturated carbocycles. The molecule has 1 nitrogen and oxygen atoms in total. The van der Waals surface area contributed by atoms with Gasteiger partial charge in [0.15, 0.2) is 0 Å². The third-order valence-corrected chi connectivity index (χ3v) is 3.97. The Labute approximate surface area is 124 Å². The molecule has 0 bridgehead atoms. The minimum absolute atomic E-state index is 0.108. The van der Waals surface area contributed by atoms with Crippen molar-refractivity contribution in [3.63, 3.8) is 0 Å². The Hall–Kier alpha value is -0.890. The Morgan fingerprint density at radius 1 is 1.10 bits per heavy atom. The molecule has 20 heavy (non-hydrogen) atoms. The molecule has 1 aromatic rings. The zero-order chi connectivity index (χ0) is 15.0. The Morgan fingerprint density at radius 2 is 1.80 bits per heavy atom. The molecule has 114 valence electrons. The summed E-state index contributed by atoms with van der Waals surface area (Å²) in [6.45, 7) is 8.38. The molecule has 0 amide bonds. The van der Waals surface area contributed by atoms with Crippen LogP contribution in [0.25, 0.3) is 0 Å². The molecule has 0 fully saturated rings. The van der Waals surface area contributed by atoms with Crippen LogP contribution in [0.1, 0.15) is 76.5 Å². The maximum Gasteiger partial charge on any atom is 0.126 e. The van der Waals surface area contributed by atoms with E-state index in [0.29, 0.717) is 11.6 Å². The van der Waals surface area contributed by atoms with Crippen molar-refractivity contribution in [3.05, 3.63) is 35.1 Å². The summed E-state index contributed by atoms with van der Waals surface area (Å²) >= 11 is 0. The van der Waals surface area contributed by atoms with Crippen LogP contribution in [0.5, 0.6) is 0 Å². The van der Waals surface area contributed by atoms with E-state index in [1.54, 1.807) is 13.0 Å². The third-order valence-electron chi connectivity index (χ3n) is 3.97. The van der Waals surface area contributed by atoms with Crippen molar-refractivity contribution in [2.45, 2.75) is 78.3 Å². The van der Waals surface area contributed by atoms with Crippen molar-refractivity contribution < 1.29 is 4.39 Å². The predicted molar refractivity (Wildman–Crippen MR) is 85.5 cm³/mol. The van der Waals surface area contributed by atoms with E-state index in [2.05, 4.69) is 26.1 Å². The van der Waals surface area contributed by atoms with E-state index in [0.717, 1.165) is 5.56 Å². The fraction of sp³-hybridized carbons (Fsp3) is 0.667. The molecule has 2 atom stereocenters. The second-order valence-corrected chi connectivity index (χ2v) is 6.00. The third kappa shape index (κ3) is 6.04. The Morgan fingerprint density at radius 3 is 2.45 bits per heavy atom. The molecular formula is C18H30FN. The molecule has 0 aliphatic carbocycles. The van der Waals surface area contributed by atoms with E-state index in [1.165, 1.54) is 38.5 Å². The molecule has 1 rings (SSSR count). The lowest BCUT2D eigenvalue weighted by Crippen LogP contribution is -2.28. The number of rotatable bonds is 9. The van der Waals surface area contributed by atoms with Crippen LogP contribution in [0.15, 0.2) is 18.2 Å². The average molecular weight is 279 g/mol. The van der Waals surface area contributed by atoms with Gasteiger partial charge < -0.3 is 5.32 Å². The SMILES string of the molecule is CCCCCCCC(C)NC(C)c1ccc(C)c(F)c1. The smallest absolute Gasteiger partial charge is 0.126 e. The second-order valence-electron chi connectivity index (χ2n) is 6.00. The molecule has 0 aromatic heterocycles. The van der Waals surface area contributed by atoms with Crippen LogP contribution in [0.4, 0.5) is 4.39 Å². The molecule has 2 heteroatoms. The normalized spacial score (nSPS) is 14.2. The number of halogens is 1. The van der Waals surface area contributed by atoms with Gasteiger partial charge in [-0.15, -0.1) is 0 Å². The minimum Gasteiger partial charge on any atom is -0.308 e. The van der Waals surface area contributed by atoms with Crippen molar-refractivity contribution in [2.24, 2.45) is 0 Å². The summed E-state index contributed by atoms with van der Waals surface area (Å²) in [4.78, 5) is 0. The highest BCUT2D eigenvalue weighted by Crippen LogP contribution is 2.18. The lowest BCUT2D eigenvalue weighted by Gasteiger charge is -2.20. The number of unbranched alkanes of at least 4 members (excludes halogenated alkanes) is 4. The fourth-order valence-electron chi connectivity index (χ4n) is 2.54. The molecule has 1 N–H and O–H groups in total. The van der Waals surface area contributed by atoms with Gasteiger partial charge >= 0.3 is 0 Å². The molecule has 2 unspecified atom stereocenters. The molecule has 0 aliphatic heterocycles. The standard InChI is InChI=1S/C18H30FN/c1-5-6-7-8-9-10-15(3)20-16(4)17-12-11-14(2)18(19)13-17/h11-13,15-16,20H,5-10H2,1-4H3. The van der Waals surface area contributed by atoms with Crippen molar-refractivity contribution >= 4 is 0 Å². The highest BCUT2D eigenvalue weighted by Gasteiger charge is 2.10. The van der Waals surface area contributed by atoms with Crippen molar-refractivity contribution in [1.29, 1.82) is 0 Å². The lowest BCUT2D eigenvalue weighted by molar-refractivity contribution is 0.435. The first-order chi connectivity index (χ1) is 9.54. The number of aryl methyl sites for hydroxylation is 1. The number of hydrogen-bond donors (Lipinski definition) is 1. The summed E-state index contributed by atoms with van der Waals surface area (Å²) in [5.41, 5.74) is 1.75. The van der Waals surface area contributed by atoms with E-state index in [4.69, 9.17) is 0 Å². The maximum atomic E-state index is 13.6. The van der Waals surface area contributed by atoms with Crippen LogP contribution in [0.2, 0.25) is 0 Å². The monoisotopic (exact) mass is 279 g/mol. The van der Waals surface area contributed by atoms with Crippen LogP contribution >= 0.6 is 0 Å². The van der Waals surface area contributed by atoms with Gasteiger partial charge in [-0.3, -0.25) is 0 Å². The predicted octanol–water partition coefficient (Wildman–Crippen LogP) is 5.53. The van der Waals surface area contributed by atoms with E-state index in [-0.39, 0.29) is 11.9 Å². The highest BCUT2D eigenvalue weighted by molar-refractivity contribution is 5.25. The summed E-state index contributed by atoms with van der Waals surface area (Å²) in [5, 5.41) is 3.57. The van der Waals surface area contributed by atoms with Gasteiger partial charge in [0, 0.05) is 12.1 Å². The molecule has 1 aromatic carbocycles. The van der Waals surface area contributed by atoms with Crippen LogP contribution < -0.4 is 5.32 Å². The first kappa shape index (κ1) is 17.2. The van der Waals surface area contributed by atoms with Gasteiger partial charge in [-0.2, -0.15) is 0 Å². The largest absolute Gasteiger partial charge is 0.308 e. The molecule has 0 saturated heterocycles. The second kappa shape index (κ2) is 9.12. The average Bonchev–Trinajstić information content (AvgIpc) is 2.41. The lowest BCUT2D eigenvalue weighted by atomic mass is 10.0. The van der Waals surface area contributed by atoms with Gasteiger partial charge in [-0.05, 0) is 44.4 Å². The van der Waals surface area contributed by atoms with E-state index in [1.807, 2.05) is 12.1 Å².